The lowest BCUT2D eigenvalue weighted by atomic mass is 9.84. The largest absolute Gasteiger partial charge is 0.491 e. The zero-order valence-electron chi connectivity index (χ0n) is 16.7. The van der Waals surface area contributed by atoms with E-state index in [1.165, 1.54) is 0 Å². The zero-order valence-corrected chi connectivity index (χ0v) is 16.7. The maximum atomic E-state index is 12.2. The van der Waals surface area contributed by atoms with E-state index in [1.54, 1.807) is 36.1 Å². The third-order valence-electron chi connectivity index (χ3n) is 5.41. The highest BCUT2D eigenvalue weighted by atomic mass is 16.5. The molecule has 0 spiro atoms. The smallest absolute Gasteiger partial charge is 0.324 e. The summed E-state index contributed by atoms with van der Waals surface area (Å²) in [5.74, 6) is 1.06. The predicted molar refractivity (Wildman–Crippen MR) is 106 cm³/mol. The molecule has 156 valence electrons. The number of ether oxygens (including phenoxy) is 1. The molecule has 2 aliphatic rings. The van der Waals surface area contributed by atoms with Crippen LogP contribution in [-0.2, 0) is 4.79 Å². The van der Waals surface area contributed by atoms with E-state index in [-0.39, 0.29) is 18.5 Å². The van der Waals surface area contributed by atoms with Gasteiger partial charge in [0.1, 0.15) is 18.5 Å². The van der Waals surface area contributed by atoms with Crippen LogP contribution < -0.4 is 10.1 Å². The third kappa shape index (κ3) is 5.92. The Morgan fingerprint density at radius 2 is 1.90 bits per heavy atom. The van der Waals surface area contributed by atoms with Crippen LogP contribution >= 0.6 is 0 Å². The number of benzene rings is 1. The number of aliphatic hydroxyl groups is 1. The fourth-order valence-corrected chi connectivity index (χ4v) is 4.16. The summed E-state index contributed by atoms with van der Waals surface area (Å²) < 4.78 is 5.62. The number of amides is 3. The molecule has 2 fully saturated rings. The SMILES string of the molecule is CCC(=O)NC(=O)N1CC2CC(CN(C[C@H](O)COc3ccc(C#N)cc3)C2)C1. The second-order valence-corrected chi connectivity index (χ2v) is 7.90. The Balaban J connectivity index is 1.44. The van der Waals surface area contributed by atoms with Gasteiger partial charge in [-0.15, -0.1) is 0 Å². The second kappa shape index (κ2) is 9.72. The maximum Gasteiger partial charge on any atom is 0.324 e. The van der Waals surface area contributed by atoms with Crippen molar-refractivity contribution >= 4 is 11.9 Å². The van der Waals surface area contributed by atoms with Gasteiger partial charge in [0.2, 0.25) is 5.91 Å². The third-order valence-corrected chi connectivity index (χ3v) is 5.41. The van der Waals surface area contributed by atoms with Crippen LogP contribution in [0.2, 0.25) is 0 Å². The quantitative estimate of drug-likeness (QED) is 0.743. The van der Waals surface area contributed by atoms with Crippen molar-refractivity contribution in [2.75, 3.05) is 39.3 Å². The number of piperidine rings is 2. The number of carbonyl (C=O) groups excluding carboxylic acids is 2. The van der Waals surface area contributed by atoms with E-state index in [2.05, 4.69) is 16.3 Å². The number of nitrogens with zero attached hydrogens (tertiary/aromatic N) is 3. The topological polar surface area (TPSA) is 106 Å². The maximum absolute atomic E-state index is 12.2. The average Bonchev–Trinajstić information content (AvgIpc) is 2.71. The van der Waals surface area contributed by atoms with Gasteiger partial charge in [0.15, 0.2) is 0 Å². The van der Waals surface area contributed by atoms with Crippen LogP contribution in [0.3, 0.4) is 0 Å². The Hall–Kier alpha value is -2.63. The Bertz CT molecular complexity index is 747. The summed E-state index contributed by atoms with van der Waals surface area (Å²) >= 11 is 0. The molecule has 3 atom stereocenters. The first-order chi connectivity index (χ1) is 14.0. The van der Waals surface area contributed by atoms with Gasteiger partial charge < -0.3 is 14.7 Å². The number of urea groups is 1. The van der Waals surface area contributed by atoms with Gasteiger partial charge in [-0.3, -0.25) is 15.0 Å². The number of fused-ring (bicyclic) bond motifs is 2. The monoisotopic (exact) mass is 400 g/mol. The number of hydrogen-bond donors (Lipinski definition) is 2. The lowest BCUT2D eigenvalue weighted by molar-refractivity contribution is -0.120. The molecule has 0 radical (unpaired) electrons. The molecule has 2 aliphatic heterocycles. The predicted octanol–water partition coefficient (Wildman–Crippen LogP) is 1.20. The fraction of sp³-hybridized carbons (Fsp3) is 0.571. The minimum Gasteiger partial charge on any atom is -0.491 e. The van der Waals surface area contributed by atoms with Gasteiger partial charge in [-0.2, -0.15) is 5.26 Å². The lowest BCUT2D eigenvalue weighted by Crippen LogP contribution is -2.57. The average molecular weight is 400 g/mol. The van der Waals surface area contributed by atoms with Crippen molar-refractivity contribution in [2.24, 2.45) is 11.8 Å². The van der Waals surface area contributed by atoms with Crippen molar-refractivity contribution in [1.29, 1.82) is 5.26 Å². The minimum absolute atomic E-state index is 0.186. The van der Waals surface area contributed by atoms with Crippen LogP contribution in [0, 0.1) is 23.2 Å². The summed E-state index contributed by atoms with van der Waals surface area (Å²) in [6, 6.07) is 8.57. The minimum atomic E-state index is -0.619. The standard InChI is InChI=1S/C21H28N4O4/c1-2-20(27)23-21(28)25-11-16-7-17(12-25)10-24(9-16)13-18(26)14-29-19-5-3-15(8-22)4-6-19/h3-6,16-18,26H,2,7,9-14H2,1H3,(H,23,27,28)/t16?,17?,18-/m0/s1. The number of rotatable bonds is 6. The molecular formula is C21H28N4O4. The van der Waals surface area contributed by atoms with Crippen LogP contribution in [0.1, 0.15) is 25.3 Å². The molecule has 3 rings (SSSR count). The highest BCUT2D eigenvalue weighted by molar-refractivity contribution is 5.94. The van der Waals surface area contributed by atoms with Crippen LogP contribution in [0.15, 0.2) is 24.3 Å². The molecule has 2 N–H and O–H groups in total. The molecule has 1 aromatic rings. The summed E-state index contributed by atoms with van der Waals surface area (Å²) in [6.07, 6.45) is 0.744. The number of hydrogen-bond acceptors (Lipinski definition) is 6. The number of carbonyl (C=O) groups is 2. The van der Waals surface area contributed by atoms with Gasteiger partial charge in [0.05, 0.1) is 11.6 Å². The van der Waals surface area contributed by atoms with Crippen molar-refractivity contribution in [3.05, 3.63) is 29.8 Å². The lowest BCUT2D eigenvalue weighted by Gasteiger charge is -2.46. The fourth-order valence-electron chi connectivity index (χ4n) is 4.16. The van der Waals surface area contributed by atoms with Crippen molar-refractivity contribution in [3.8, 4) is 11.8 Å². The van der Waals surface area contributed by atoms with E-state index in [9.17, 15) is 14.7 Å². The number of nitriles is 1. The van der Waals surface area contributed by atoms with Gasteiger partial charge in [0, 0.05) is 39.1 Å². The second-order valence-electron chi connectivity index (χ2n) is 7.90. The first-order valence-corrected chi connectivity index (χ1v) is 10.1. The molecular weight excluding hydrogens is 372 g/mol. The molecule has 0 aromatic heterocycles. The van der Waals surface area contributed by atoms with Gasteiger partial charge in [-0.05, 0) is 42.5 Å². The molecule has 0 saturated carbocycles. The van der Waals surface area contributed by atoms with E-state index >= 15 is 0 Å². The summed E-state index contributed by atoms with van der Waals surface area (Å²) in [5, 5.41) is 21.6. The first-order valence-electron chi connectivity index (χ1n) is 10.1. The normalized spacial score (nSPS) is 22.4. The van der Waals surface area contributed by atoms with Gasteiger partial charge in [-0.25, -0.2) is 4.79 Å². The summed E-state index contributed by atoms with van der Waals surface area (Å²) in [5.41, 5.74) is 0.569. The molecule has 1 aromatic carbocycles. The molecule has 8 nitrogen and oxygen atoms in total. The molecule has 29 heavy (non-hydrogen) atoms. The summed E-state index contributed by atoms with van der Waals surface area (Å²) in [4.78, 5) is 27.7. The molecule has 8 heteroatoms. The molecule has 2 saturated heterocycles. The molecule has 3 amide bonds. The van der Waals surface area contributed by atoms with Gasteiger partial charge in [0.25, 0.3) is 0 Å². The van der Waals surface area contributed by atoms with E-state index in [0.29, 0.717) is 49.2 Å². The van der Waals surface area contributed by atoms with Crippen LogP contribution in [0.25, 0.3) is 0 Å². The number of likely N-dealkylation sites (tertiary alicyclic amines) is 2. The van der Waals surface area contributed by atoms with Crippen LogP contribution in [0.5, 0.6) is 5.75 Å². The van der Waals surface area contributed by atoms with E-state index in [0.717, 1.165) is 19.5 Å². The van der Waals surface area contributed by atoms with Crippen molar-refractivity contribution in [3.63, 3.8) is 0 Å². The molecule has 0 aliphatic carbocycles. The van der Waals surface area contributed by atoms with Crippen LogP contribution in [0.4, 0.5) is 4.79 Å². The number of aliphatic hydroxyl groups excluding tert-OH is 1. The Morgan fingerprint density at radius 1 is 1.24 bits per heavy atom. The van der Waals surface area contributed by atoms with Crippen molar-refractivity contribution in [2.45, 2.75) is 25.9 Å². The molecule has 2 heterocycles. The Kier molecular flexibility index (Phi) is 7.07. The van der Waals surface area contributed by atoms with Crippen molar-refractivity contribution < 1.29 is 19.4 Å². The van der Waals surface area contributed by atoms with Crippen LogP contribution in [-0.4, -0.2) is 72.3 Å². The number of nitrogens with one attached hydrogen (secondary N) is 1. The number of β-amino-alcohol motifs (C(OH)–C–C–N with tert-alkyl or cyclic N) is 1. The van der Waals surface area contributed by atoms with E-state index < -0.39 is 6.10 Å². The first kappa shape index (κ1) is 21.1. The Morgan fingerprint density at radius 3 is 2.48 bits per heavy atom. The Labute approximate surface area is 171 Å². The highest BCUT2D eigenvalue weighted by Crippen LogP contribution is 2.28. The molecule has 2 unspecified atom stereocenters. The number of imide groups is 1. The van der Waals surface area contributed by atoms with Gasteiger partial charge in [-0.1, -0.05) is 6.92 Å². The summed E-state index contributed by atoms with van der Waals surface area (Å²) in [6.45, 7) is 5.32. The molecule has 2 bridgehead atoms. The van der Waals surface area contributed by atoms with E-state index in [1.807, 2.05) is 0 Å². The summed E-state index contributed by atoms with van der Waals surface area (Å²) in [7, 11) is 0. The highest BCUT2D eigenvalue weighted by Gasteiger charge is 2.36. The van der Waals surface area contributed by atoms with Crippen molar-refractivity contribution in [1.82, 2.24) is 15.1 Å². The van der Waals surface area contributed by atoms with Gasteiger partial charge >= 0.3 is 6.03 Å². The zero-order chi connectivity index (χ0) is 20.8. The van der Waals surface area contributed by atoms with E-state index in [4.69, 9.17) is 10.00 Å².